The zero-order valence-corrected chi connectivity index (χ0v) is 9.63. The second kappa shape index (κ2) is 4.63. The molecule has 0 amide bonds. The summed E-state index contributed by atoms with van der Waals surface area (Å²) in [5.74, 6) is 0. The number of rotatable bonds is 4. The predicted molar refractivity (Wildman–Crippen MR) is 60.5 cm³/mol. The van der Waals surface area contributed by atoms with Crippen molar-refractivity contribution in [3.8, 4) is 0 Å². The lowest BCUT2D eigenvalue weighted by Gasteiger charge is -2.25. The molecule has 82 valence electrons. The molecule has 0 radical (unpaired) electrons. The van der Waals surface area contributed by atoms with Crippen LogP contribution < -0.4 is 5.32 Å². The van der Waals surface area contributed by atoms with Crippen LogP contribution in [0.4, 0.5) is 0 Å². The van der Waals surface area contributed by atoms with Gasteiger partial charge in [0.05, 0.1) is 0 Å². The maximum absolute atomic E-state index is 3.85. The van der Waals surface area contributed by atoms with Gasteiger partial charge in [0.1, 0.15) is 0 Å². The molecule has 0 spiro atoms. The molecule has 2 heterocycles. The fourth-order valence-corrected chi connectivity index (χ4v) is 3.10. The standard InChI is InChI=1S/C12H24N2/c1-3-10(4-2)13-11-7-9-14-8-5-6-12(11)14/h10-13H,3-9H2,1-2H3. The fraction of sp³-hybridized carbons (Fsp3) is 1.00. The van der Waals surface area contributed by atoms with E-state index >= 15 is 0 Å². The predicted octanol–water partition coefficient (Wildman–Crippen LogP) is 2.00. The largest absolute Gasteiger partial charge is 0.310 e. The first kappa shape index (κ1) is 10.4. The molecule has 2 saturated heterocycles. The van der Waals surface area contributed by atoms with E-state index in [2.05, 4.69) is 24.1 Å². The Kier molecular flexibility index (Phi) is 3.45. The Labute approximate surface area is 88.1 Å². The first-order valence-corrected chi connectivity index (χ1v) is 6.35. The number of nitrogens with one attached hydrogen (secondary N) is 1. The normalized spacial score (nSPS) is 32.8. The summed E-state index contributed by atoms with van der Waals surface area (Å²) in [7, 11) is 0. The molecule has 2 heteroatoms. The van der Waals surface area contributed by atoms with Gasteiger partial charge in [-0.2, -0.15) is 0 Å². The van der Waals surface area contributed by atoms with Crippen molar-refractivity contribution in [2.45, 2.75) is 64.1 Å². The average Bonchev–Trinajstić information content (AvgIpc) is 2.77. The third kappa shape index (κ3) is 1.96. The first-order valence-electron chi connectivity index (χ1n) is 6.35. The Morgan fingerprint density at radius 2 is 2.00 bits per heavy atom. The lowest BCUT2D eigenvalue weighted by molar-refractivity contribution is 0.285. The zero-order valence-electron chi connectivity index (χ0n) is 9.63. The van der Waals surface area contributed by atoms with E-state index in [1.807, 2.05) is 0 Å². The molecule has 0 aromatic heterocycles. The van der Waals surface area contributed by atoms with Crippen LogP contribution in [0.25, 0.3) is 0 Å². The molecule has 2 fully saturated rings. The van der Waals surface area contributed by atoms with E-state index in [0.717, 1.165) is 18.1 Å². The van der Waals surface area contributed by atoms with Crippen molar-refractivity contribution in [3.05, 3.63) is 0 Å². The Hall–Kier alpha value is -0.0800. The van der Waals surface area contributed by atoms with E-state index in [-0.39, 0.29) is 0 Å². The second-order valence-electron chi connectivity index (χ2n) is 4.82. The molecule has 14 heavy (non-hydrogen) atoms. The summed E-state index contributed by atoms with van der Waals surface area (Å²) in [6.07, 6.45) is 6.78. The van der Waals surface area contributed by atoms with Gasteiger partial charge >= 0.3 is 0 Å². The highest BCUT2D eigenvalue weighted by Gasteiger charge is 2.37. The average molecular weight is 196 g/mol. The van der Waals surface area contributed by atoms with Gasteiger partial charge in [-0.05, 0) is 38.6 Å². The maximum Gasteiger partial charge on any atom is 0.0250 e. The van der Waals surface area contributed by atoms with Crippen LogP contribution in [0.3, 0.4) is 0 Å². The molecule has 2 rings (SSSR count). The minimum atomic E-state index is 0.751. The van der Waals surface area contributed by atoms with Crippen LogP contribution in [-0.4, -0.2) is 36.1 Å². The molecule has 0 aliphatic carbocycles. The molecule has 0 saturated carbocycles. The highest BCUT2D eigenvalue weighted by atomic mass is 15.2. The van der Waals surface area contributed by atoms with Gasteiger partial charge in [0.2, 0.25) is 0 Å². The number of nitrogens with zero attached hydrogens (tertiary/aromatic N) is 1. The molecule has 0 bridgehead atoms. The number of hydrogen-bond acceptors (Lipinski definition) is 2. The van der Waals surface area contributed by atoms with Crippen LogP contribution in [0.5, 0.6) is 0 Å². The topological polar surface area (TPSA) is 15.3 Å². The third-order valence-electron chi connectivity index (χ3n) is 4.04. The van der Waals surface area contributed by atoms with Gasteiger partial charge in [-0.15, -0.1) is 0 Å². The second-order valence-corrected chi connectivity index (χ2v) is 4.82. The summed E-state index contributed by atoms with van der Waals surface area (Å²) < 4.78 is 0. The lowest BCUT2D eigenvalue weighted by atomic mass is 10.0. The Morgan fingerprint density at radius 1 is 1.21 bits per heavy atom. The van der Waals surface area contributed by atoms with Crippen molar-refractivity contribution in [1.29, 1.82) is 0 Å². The van der Waals surface area contributed by atoms with Gasteiger partial charge in [0.25, 0.3) is 0 Å². The van der Waals surface area contributed by atoms with E-state index in [4.69, 9.17) is 0 Å². The van der Waals surface area contributed by atoms with Crippen LogP contribution in [0.15, 0.2) is 0 Å². The smallest absolute Gasteiger partial charge is 0.0250 e. The summed E-state index contributed by atoms with van der Waals surface area (Å²) in [6.45, 7) is 7.28. The summed E-state index contributed by atoms with van der Waals surface area (Å²) in [5, 5.41) is 3.85. The van der Waals surface area contributed by atoms with Crippen molar-refractivity contribution in [2.24, 2.45) is 0 Å². The minimum Gasteiger partial charge on any atom is -0.310 e. The minimum absolute atomic E-state index is 0.751. The van der Waals surface area contributed by atoms with Crippen LogP contribution in [-0.2, 0) is 0 Å². The SMILES string of the molecule is CCC(CC)NC1CCN2CCCC12. The molecule has 2 nitrogen and oxygen atoms in total. The van der Waals surface area contributed by atoms with Gasteiger partial charge in [-0.1, -0.05) is 13.8 Å². The summed E-state index contributed by atoms with van der Waals surface area (Å²) >= 11 is 0. The van der Waals surface area contributed by atoms with E-state index in [1.165, 1.54) is 45.2 Å². The molecule has 2 atom stereocenters. The fourth-order valence-electron chi connectivity index (χ4n) is 3.10. The van der Waals surface area contributed by atoms with Gasteiger partial charge in [-0.25, -0.2) is 0 Å². The van der Waals surface area contributed by atoms with Crippen molar-refractivity contribution < 1.29 is 0 Å². The van der Waals surface area contributed by atoms with Crippen LogP contribution in [0.2, 0.25) is 0 Å². The number of fused-ring (bicyclic) bond motifs is 1. The molecular formula is C12H24N2. The summed E-state index contributed by atoms with van der Waals surface area (Å²) in [4.78, 5) is 2.68. The highest BCUT2D eigenvalue weighted by molar-refractivity contribution is 4.96. The van der Waals surface area contributed by atoms with Gasteiger partial charge < -0.3 is 5.32 Å². The van der Waals surface area contributed by atoms with Gasteiger partial charge in [0, 0.05) is 24.7 Å². The molecular weight excluding hydrogens is 172 g/mol. The quantitative estimate of drug-likeness (QED) is 0.740. The molecule has 1 N–H and O–H groups in total. The van der Waals surface area contributed by atoms with E-state index < -0.39 is 0 Å². The Bertz CT molecular complexity index is 177. The maximum atomic E-state index is 3.85. The molecule has 2 unspecified atom stereocenters. The van der Waals surface area contributed by atoms with Gasteiger partial charge in [0.15, 0.2) is 0 Å². The summed E-state index contributed by atoms with van der Waals surface area (Å²) in [5.41, 5.74) is 0. The molecule has 0 aromatic rings. The van der Waals surface area contributed by atoms with Crippen LogP contribution in [0.1, 0.15) is 46.0 Å². The molecule has 2 aliphatic heterocycles. The van der Waals surface area contributed by atoms with E-state index in [0.29, 0.717) is 0 Å². The number of hydrogen-bond donors (Lipinski definition) is 1. The Morgan fingerprint density at radius 3 is 2.71 bits per heavy atom. The van der Waals surface area contributed by atoms with Crippen molar-refractivity contribution in [3.63, 3.8) is 0 Å². The first-order chi connectivity index (χ1) is 6.85. The van der Waals surface area contributed by atoms with E-state index in [9.17, 15) is 0 Å². The highest BCUT2D eigenvalue weighted by Crippen LogP contribution is 2.28. The van der Waals surface area contributed by atoms with Crippen molar-refractivity contribution >= 4 is 0 Å². The molecule has 2 aliphatic rings. The Balaban J connectivity index is 1.86. The van der Waals surface area contributed by atoms with E-state index in [1.54, 1.807) is 0 Å². The summed E-state index contributed by atoms with van der Waals surface area (Å²) in [6, 6.07) is 2.42. The monoisotopic (exact) mass is 196 g/mol. The molecule has 0 aromatic carbocycles. The van der Waals surface area contributed by atoms with Gasteiger partial charge in [-0.3, -0.25) is 4.90 Å². The van der Waals surface area contributed by atoms with Crippen molar-refractivity contribution in [1.82, 2.24) is 10.2 Å². The van der Waals surface area contributed by atoms with Crippen LogP contribution in [0, 0.1) is 0 Å². The van der Waals surface area contributed by atoms with Crippen molar-refractivity contribution in [2.75, 3.05) is 13.1 Å². The third-order valence-corrected chi connectivity index (χ3v) is 4.04. The van der Waals surface area contributed by atoms with Crippen LogP contribution >= 0.6 is 0 Å². The lowest BCUT2D eigenvalue weighted by Crippen LogP contribution is -2.44. The zero-order chi connectivity index (χ0) is 9.97.